The van der Waals surface area contributed by atoms with E-state index in [0.717, 1.165) is 5.56 Å². The molecule has 0 spiro atoms. The van der Waals surface area contributed by atoms with Gasteiger partial charge in [0.1, 0.15) is 5.75 Å². The van der Waals surface area contributed by atoms with Gasteiger partial charge in [0.15, 0.2) is 17.6 Å². The van der Waals surface area contributed by atoms with Crippen molar-refractivity contribution >= 4 is 11.6 Å². The third-order valence-corrected chi connectivity index (χ3v) is 3.59. The first kappa shape index (κ1) is 16.0. The Morgan fingerprint density at radius 2 is 2.04 bits per heavy atom. The highest BCUT2D eigenvalue weighted by Crippen LogP contribution is 2.32. The summed E-state index contributed by atoms with van der Waals surface area (Å²) in [6, 6.07) is 11.7. The summed E-state index contributed by atoms with van der Waals surface area (Å²) in [5.41, 5.74) is 1.27. The molecular formula is C17H15F2NO4. The van der Waals surface area contributed by atoms with Crippen LogP contribution in [0, 0.1) is 0 Å². The molecule has 1 heterocycles. The SMILES string of the molecule is COc1ccc(NC(=O)[C@H]2Cc3ccccc3O2)cc1OC(F)F. The summed E-state index contributed by atoms with van der Waals surface area (Å²) in [4.78, 5) is 12.3. The number of hydrogen-bond donors (Lipinski definition) is 1. The third-order valence-electron chi connectivity index (χ3n) is 3.59. The number of ether oxygens (including phenoxy) is 3. The lowest BCUT2D eigenvalue weighted by molar-refractivity contribution is -0.122. The molecule has 2 aromatic rings. The van der Waals surface area contributed by atoms with Crippen molar-refractivity contribution in [3.05, 3.63) is 48.0 Å². The lowest BCUT2D eigenvalue weighted by atomic mass is 10.1. The number of para-hydroxylation sites is 1. The van der Waals surface area contributed by atoms with Gasteiger partial charge >= 0.3 is 6.61 Å². The maximum atomic E-state index is 12.4. The van der Waals surface area contributed by atoms with E-state index in [0.29, 0.717) is 17.9 Å². The molecule has 0 bridgehead atoms. The van der Waals surface area contributed by atoms with Crippen LogP contribution in [0.2, 0.25) is 0 Å². The molecule has 0 aromatic heterocycles. The molecule has 3 rings (SSSR count). The van der Waals surface area contributed by atoms with Gasteiger partial charge in [-0.1, -0.05) is 18.2 Å². The van der Waals surface area contributed by atoms with Crippen LogP contribution in [0.3, 0.4) is 0 Å². The number of rotatable bonds is 5. The highest BCUT2D eigenvalue weighted by atomic mass is 19.3. The maximum Gasteiger partial charge on any atom is 0.387 e. The first-order valence-electron chi connectivity index (χ1n) is 7.25. The standard InChI is InChI=1S/C17H15F2NO4/c1-22-13-7-6-11(9-14(13)24-17(18)19)20-16(21)15-8-10-4-2-3-5-12(10)23-15/h2-7,9,15,17H,8H2,1H3,(H,20,21)/t15-/m1/s1. The number of carbonyl (C=O) groups is 1. The highest BCUT2D eigenvalue weighted by molar-refractivity contribution is 5.95. The van der Waals surface area contributed by atoms with Crippen LogP contribution in [0.4, 0.5) is 14.5 Å². The van der Waals surface area contributed by atoms with Crippen molar-refractivity contribution in [2.75, 3.05) is 12.4 Å². The molecule has 1 amide bonds. The van der Waals surface area contributed by atoms with Gasteiger partial charge in [-0.3, -0.25) is 4.79 Å². The second-order valence-electron chi connectivity index (χ2n) is 5.15. The first-order chi connectivity index (χ1) is 11.6. The van der Waals surface area contributed by atoms with Crippen LogP contribution in [0.15, 0.2) is 42.5 Å². The van der Waals surface area contributed by atoms with Crippen LogP contribution in [-0.2, 0) is 11.2 Å². The molecule has 0 saturated carbocycles. The minimum atomic E-state index is -2.99. The van der Waals surface area contributed by atoms with E-state index in [1.807, 2.05) is 18.2 Å². The Bertz CT molecular complexity index is 726. The van der Waals surface area contributed by atoms with E-state index in [4.69, 9.17) is 9.47 Å². The molecule has 0 radical (unpaired) electrons. The monoisotopic (exact) mass is 335 g/mol. The van der Waals surface area contributed by atoms with Gasteiger partial charge in [-0.25, -0.2) is 0 Å². The Balaban J connectivity index is 1.71. The van der Waals surface area contributed by atoms with Crippen molar-refractivity contribution in [1.29, 1.82) is 0 Å². The van der Waals surface area contributed by atoms with Gasteiger partial charge in [0.25, 0.3) is 5.91 Å². The molecule has 0 aliphatic carbocycles. The summed E-state index contributed by atoms with van der Waals surface area (Å²) in [5, 5.41) is 2.64. The quantitative estimate of drug-likeness (QED) is 0.911. The number of fused-ring (bicyclic) bond motifs is 1. The smallest absolute Gasteiger partial charge is 0.387 e. The number of anilines is 1. The zero-order chi connectivity index (χ0) is 17.1. The molecule has 0 fully saturated rings. The van der Waals surface area contributed by atoms with E-state index in [-0.39, 0.29) is 17.4 Å². The predicted octanol–water partition coefficient (Wildman–Crippen LogP) is 3.24. The van der Waals surface area contributed by atoms with Crippen molar-refractivity contribution in [2.45, 2.75) is 19.1 Å². The second-order valence-corrected chi connectivity index (χ2v) is 5.15. The van der Waals surface area contributed by atoms with E-state index >= 15 is 0 Å². The molecule has 7 heteroatoms. The van der Waals surface area contributed by atoms with Gasteiger partial charge in [0.05, 0.1) is 7.11 Å². The molecule has 24 heavy (non-hydrogen) atoms. The van der Waals surface area contributed by atoms with Crippen molar-refractivity contribution in [3.63, 3.8) is 0 Å². The summed E-state index contributed by atoms with van der Waals surface area (Å²) in [6.07, 6.45) is -0.206. The Morgan fingerprint density at radius 3 is 2.75 bits per heavy atom. The van der Waals surface area contributed by atoms with Gasteiger partial charge in [0, 0.05) is 18.2 Å². The fourth-order valence-corrected chi connectivity index (χ4v) is 2.49. The summed E-state index contributed by atoms with van der Waals surface area (Å²) < 4.78 is 39.8. The van der Waals surface area contributed by atoms with E-state index in [9.17, 15) is 13.6 Å². The zero-order valence-corrected chi connectivity index (χ0v) is 12.8. The minimum Gasteiger partial charge on any atom is -0.493 e. The Hall–Kier alpha value is -2.83. The van der Waals surface area contributed by atoms with Crippen LogP contribution in [0.5, 0.6) is 17.2 Å². The Labute approximate surface area is 137 Å². The summed E-state index contributed by atoms with van der Waals surface area (Å²) in [7, 11) is 1.34. The van der Waals surface area contributed by atoms with Gasteiger partial charge in [-0.05, 0) is 23.8 Å². The van der Waals surface area contributed by atoms with E-state index < -0.39 is 12.7 Å². The Kier molecular flexibility index (Phi) is 4.50. The topological polar surface area (TPSA) is 56.8 Å². The average Bonchev–Trinajstić information content (AvgIpc) is 2.99. The molecule has 1 N–H and O–H groups in total. The van der Waals surface area contributed by atoms with Gasteiger partial charge < -0.3 is 19.5 Å². The van der Waals surface area contributed by atoms with Crippen LogP contribution in [-0.4, -0.2) is 25.7 Å². The molecule has 2 aromatic carbocycles. The van der Waals surface area contributed by atoms with E-state index in [2.05, 4.69) is 10.1 Å². The number of nitrogens with one attached hydrogen (secondary N) is 1. The number of amides is 1. The highest BCUT2D eigenvalue weighted by Gasteiger charge is 2.29. The number of methoxy groups -OCH3 is 1. The van der Waals surface area contributed by atoms with Crippen molar-refractivity contribution in [2.24, 2.45) is 0 Å². The molecule has 126 valence electrons. The lowest BCUT2D eigenvalue weighted by Gasteiger charge is -2.14. The molecular weight excluding hydrogens is 320 g/mol. The van der Waals surface area contributed by atoms with Crippen LogP contribution >= 0.6 is 0 Å². The maximum absolute atomic E-state index is 12.4. The summed E-state index contributed by atoms with van der Waals surface area (Å²) in [5.74, 6) is 0.312. The number of carbonyl (C=O) groups excluding carboxylic acids is 1. The predicted molar refractivity (Wildman–Crippen MR) is 82.8 cm³/mol. The van der Waals surface area contributed by atoms with Crippen LogP contribution in [0.25, 0.3) is 0 Å². The summed E-state index contributed by atoms with van der Waals surface area (Å²) in [6.45, 7) is -2.99. The normalized spacial score (nSPS) is 15.6. The number of halogens is 2. The van der Waals surface area contributed by atoms with Crippen molar-refractivity contribution in [1.82, 2.24) is 0 Å². The van der Waals surface area contributed by atoms with Crippen LogP contribution < -0.4 is 19.5 Å². The molecule has 1 atom stereocenters. The summed E-state index contributed by atoms with van der Waals surface area (Å²) >= 11 is 0. The molecule has 1 aliphatic heterocycles. The minimum absolute atomic E-state index is 0.151. The molecule has 5 nitrogen and oxygen atoms in total. The number of benzene rings is 2. The third kappa shape index (κ3) is 3.40. The molecule has 0 unspecified atom stereocenters. The van der Waals surface area contributed by atoms with E-state index in [1.165, 1.54) is 25.3 Å². The van der Waals surface area contributed by atoms with Gasteiger partial charge in [0.2, 0.25) is 0 Å². The fraction of sp³-hybridized carbons (Fsp3) is 0.235. The van der Waals surface area contributed by atoms with E-state index in [1.54, 1.807) is 6.07 Å². The second kappa shape index (κ2) is 6.74. The number of hydrogen-bond acceptors (Lipinski definition) is 4. The largest absolute Gasteiger partial charge is 0.493 e. The molecule has 1 aliphatic rings. The zero-order valence-electron chi connectivity index (χ0n) is 12.8. The average molecular weight is 335 g/mol. The van der Waals surface area contributed by atoms with Crippen LogP contribution in [0.1, 0.15) is 5.56 Å². The van der Waals surface area contributed by atoms with Gasteiger partial charge in [-0.2, -0.15) is 8.78 Å². The van der Waals surface area contributed by atoms with Gasteiger partial charge in [-0.15, -0.1) is 0 Å². The number of alkyl halides is 2. The lowest BCUT2D eigenvalue weighted by Crippen LogP contribution is -2.31. The Morgan fingerprint density at radius 1 is 1.25 bits per heavy atom. The van der Waals surface area contributed by atoms with Crippen molar-refractivity contribution in [3.8, 4) is 17.2 Å². The molecule has 0 saturated heterocycles. The van der Waals surface area contributed by atoms with Crippen molar-refractivity contribution < 1.29 is 27.8 Å². The first-order valence-corrected chi connectivity index (χ1v) is 7.25. The fourth-order valence-electron chi connectivity index (χ4n) is 2.49.